The van der Waals surface area contributed by atoms with E-state index in [0.717, 1.165) is 17.3 Å². The van der Waals surface area contributed by atoms with E-state index in [9.17, 15) is 14.4 Å². The fraction of sp³-hybridized carbons (Fsp3) is 0.250. The molecule has 1 fully saturated rings. The van der Waals surface area contributed by atoms with Crippen molar-refractivity contribution in [3.63, 3.8) is 0 Å². The van der Waals surface area contributed by atoms with Crippen molar-refractivity contribution in [3.8, 4) is 0 Å². The predicted molar refractivity (Wildman–Crippen MR) is 103 cm³/mol. The molecule has 0 atom stereocenters. The fourth-order valence-electron chi connectivity index (χ4n) is 2.86. The molecule has 0 radical (unpaired) electrons. The van der Waals surface area contributed by atoms with E-state index in [0.29, 0.717) is 28.1 Å². The quantitative estimate of drug-likeness (QED) is 0.678. The van der Waals surface area contributed by atoms with Crippen molar-refractivity contribution >= 4 is 39.5 Å². The summed E-state index contributed by atoms with van der Waals surface area (Å²) in [5.74, 6) is -0.481. The lowest BCUT2D eigenvalue weighted by atomic mass is 9.98. The van der Waals surface area contributed by atoms with Crippen molar-refractivity contribution < 1.29 is 14.4 Å². The largest absolute Gasteiger partial charge is 0.352 e. The molecular weight excluding hydrogens is 396 g/mol. The Hall–Kier alpha value is -2.47. The zero-order valence-electron chi connectivity index (χ0n) is 14.4. The number of Topliss-reactive ketones (excluding diaryl/α,β-unsaturated/α-hetero) is 1. The molecule has 26 heavy (non-hydrogen) atoms. The number of ketones is 2. The molecule has 3 rings (SSSR count). The Balaban J connectivity index is 1.87. The predicted octanol–water partition coefficient (Wildman–Crippen LogP) is 3.67. The molecule has 1 heterocycles. The lowest BCUT2D eigenvalue weighted by molar-refractivity contribution is -0.122. The highest BCUT2D eigenvalue weighted by molar-refractivity contribution is 9.10. The van der Waals surface area contributed by atoms with Gasteiger partial charge in [0.15, 0.2) is 11.6 Å². The first-order valence-electron chi connectivity index (χ1n) is 8.38. The number of hydrogen-bond acceptors (Lipinski definition) is 3. The highest BCUT2D eigenvalue weighted by atomic mass is 79.9. The minimum Gasteiger partial charge on any atom is -0.352 e. The van der Waals surface area contributed by atoms with Gasteiger partial charge in [0.2, 0.25) is 5.91 Å². The van der Waals surface area contributed by atoms with Crippen LogP contribution in [0.3, 0.4) is 0 Å². The summed E-state index contributed by atoms with van der Waals surface area (Å²) in [6.45, 7) is 5.37. The minimum atomic E-state index is -0.257. The van der Waals surface area contributed by atoms with E-state index in [1.54, 1.807) is 25.1 Å². The summed E-state index contributed by atoms with van der Waals surface area (Å²) in [4.78, 5) is 40.2. The summed E-state index contributed by atoms with van der Waals surface area (Å²) in [6.07, 6.45) is 3.29. The maximum atomic E-state index is 12.9. The van der Waals surface area contributed by atoms with Gasteiger partial charge in [-0.3, -0.25) is 14.4 Å². The van der Waals surface area contributed by atoms with Crippen LogP contribution < -0.4 is 5.32 Å². The van der Waals surface area contributed by atoms with Gasteiger partial charge in [-0.05, 0) is 43.5 Å². The third-order valence-electron chi connectivity index (χ3n) is 4.45. The molecule has 0 aliphatic heterocycles. The molecule has 1 aromatic carbocycles. The Morgan fingerprint density at radius 2 is 2.08 bits per heavy atom. The summed E-state index contributed by atoms with van der Waals surface area (Å²) in [5, 5.41) is 2.66. The van der Waals surface area contributed by atoms with Crippen LogP contribution in [0.4, 0.5) is 0 Å². The number of benzene rings is 1. The molecule has 5 nitrogen and oxygen atoms in total. The summed E-state index contributed by atoms with van der Waals surface area (Å²) in [5.41, 5.74) is 2.34. The standard InChI is InChI=1S/C20H19BrN2O3/c1-3-15-17(19(25)13-5-4-6-14(21)9-13)11(2)18(23-15)16(24)10-22-20(26)12-7-8-12/h3-6,9,12,23H,1,7-8,10H2,2H3,(H,22,26). The number of rotatable bonds is 7. The number of aromatic nitrogens is 1. The first-order valence-corrected chi connectivity index (χ1v) is 9.17. The highest BCUT2D eigenvalue weighted by Crippen LogP contribution is 2.29. The van der Waals surface area contributed by atoms with Crippen molar-refractivity contribution in [2.24, 2.45) is 5.92 Å². The van der Waals surface area contributed by atoms with Gasteiger partial charge >= 0.3 is 0 Å². The fourth-order valence-corrected chi connectivity index (χ4v) is 3.26. The molecular formula is C20H19BrN2O3. The molecule has 1 saturated carbocycles. The molecule has 1 aromatic heterocycles. The number of H-pyrrole nitrogens is 1. The van der Waals surface area contributed by atoms with Gasteiger partial charge in [-0.25, -0.2) is 0 Å². The molecule has 2 aromatic rings. The second-order valence-corrected chi connectivity index (χ2v) is 7.29. The van der Waals surface area contributed by atoms with E-state index in [4.69, 9.17) is 0 Å². The maximum Gasteiger partial charge on any atom is 0.223 e. The molecule has 0 bridgehead atoms. The maximum absolute atomic E-state index is 12.9. The van der Waals surface area contributed by atoms with Crippen LogP contribution in [0.15, 0.2) is 35.3 Å². The van der Waals surface area contributed by atoms with Crippen molar-refractivity contribution in [1.82, 2.24) is 10.3 Å². The lowest BCUT2D eigenvalue weighted by Crippen LogP contribution is -2.31. The van der Waals surface area contributed by atoms with E-state index in [1.807, 2.05) is 6.07 Å². The van der Waals surface area contributed by atoms with Crippen LogP contribution in [0.2, 0.25) is 0 Å². The molecule has 0 spiro atoms. The van der Waals surface area contributed by atoms with Crippen molar-refractivity contribution in [1.29, 1.82) is 0 Å². The Morgan fingerprint density at radius 1 is 1.35 bits per heavy atom. The number of carbonyl (C=O) groups is 3. The summed E-state index contributed by atoms with van der Waals surface area (Å²) in [6, 6.07) is 7.09. The third-order valence-corrected chi connectivity index (χ3v) is 4.94. The number of amides is 1. The first kappa shape index (κ1) is 18.3. The third kappa shape index (κ3) is 3.70. The van der Waals surface area contributed by atoms with Crippen LogP contribution in [0.5, 0.6) is 0 Å². The van der Waals surface area contributed by atoms with Crippen molar-refractivity contribution in [2.75, 3.05) is 6.54 Å². The van der Waals surface area contributed by atoms with Crippen LogP contribution in [-0.4, -0.2) is 29.0 Å². The normalized spacial score (nSPS) is 13.3. The number of aromatic amines is 1. The average Bonchev–Trinajstić information content (AvgIpc) is 3.42. The number of halogens is 1. The molecule has 1 amide bonds. The zero-order valence-corrected chi connectivity index (χ0v) is 16.0. The van der Waals surface area contributed by atoms with E-state index >= 15 is 0 Å². The molecule has 6 heteroatoms. The summed E-state index contributed by atoms with van der Waals surface area (Å²) < 4.78 is 0.802. The van der Waals surface area contributed by atoms with Gasteiger partial charge < -0.3 is 10.3 Å². The van der Waals surface area contributed by atoms with Crippen LogP contribution in [-0.2, 0) is 4.79 Å². The van der Waals surface area contributed by atoms with Gasteiger partial charge in [-0.2, -0.15) is 0 Å². The second kappa shape index (κ2) is 7.41. The Bertz CT molecular complexity index is 910. The number of carbonyl (C=O) groups excluding carboxylic acids is 3. The molecule has 2 N–H and O–H groups in total. The molecule has 1 aliphatic rings. The van der Waals surface area contributed by atoms with Gasteiger partial charge in [0, 0.05) is 21.6 Å². The van der Waals surface area contributed by atoms with Gasteiger partial charge in [0.05, 0.1) is 17.8 Å². The SMILES string of the molecule is C=Cc1[nH]c(C(=O)CNC(=O)C2CC2)c(C)c1C(=O)c1cccc(Br)c1. The van der Waals surface area contributed by atoms with Crippen LogP contribution in [0.25, 0.3) is 6.08 Å². The summed E-state index contributed by atoms with van der Waals surface area (Å²) in [7, 11) is 0. The highest BCUT2D eigenvalue weighted by Gasteiger charge is 2.30. The van der Waals surface area contributed by atoms with E-state index < -0.39 is 0 Å². The van der Waals surface area contributed by atoms with Gasteiger partial charge in [-0.1, -0.05) is 34.6 Å². The second-order valence-electron chi connectivity index (χ2n) is 6.37. The summed E-state index contributed by atoms with van der Waals surface area (Å²) >= 11 is 3.36. The molecule has 134 valence electrons. The molecule has 0 saturated heterocycles. The monoisotopic (exact) mass is 414 g/mol. The minimum absolute atomic E-state index is 0.0462. The Morgan fingerprint density at radius 3 is 2.69 bits per heavy atom. The van der Waals surface area contributed by atoms with E-state index in [1.165, 1.54) is 6.08 Å². The average molecular weight is 415 g/mol. The smallest absolute Gasteiger partial charge is 0.223 e. The molecule has 0 unspecified atom stereocenters. The van der Waals surface area contributed by atoms with Crippen LogP contribution in [0, 0.1) is 12.8 Å². The lowest BCUT2D eigenvalue weighted by Gasteiger charge is -2.05. The number of hydrogen-bond donors (Lipinski definition) is 2. The Labute approximate surface area is 160 Å². The van der Waals surface area contributed by atoms with Crippen molar-refractivity contribution in [3.05, 3.63) is 63.4 Å². The van der Waals surface area contributed by atoms with E-state index in [-0.39, 0.29) is 29.9 Å². The van der Waals surface area contributed by atoms with E-state index in [2.05, 4.69) is 32.8 Å². The Kier molecular flexibility index (Phi) is 5.23. The van der Waals surface area contributed by atoms with Crippen molar-refractivity contribution in [2.45, 2.75) is 19.8 Å². The number of nitrogens with one attached hydrogen (secondary N) is 2. The molecule has 1 aliphatic carbocycles. The van der Waals surface area contributed by atoms with Gasteiger partial charge in [0.25, 0.3) is 0 Å². The van der Waals surface area contributed by atoms with Gasteiger partial charge in [0.1, 0.15) is 0 Å². The first-order chi connectivity index (χ1) is 12.4. The zero-order chi connectivity index (χ0) is 18.8. The van der Waals surface area contributed by atoms with Crippen LogP contribution >= 0.6 is 15.9 Å². The topological polar surface area (TPSA) is 79.0 Å². The van der Waals surface area contributed by atoms with Crippen LogP contribution in [0.1, 0.15) is 50.5 Å². The van der Waals surface area contributed by atoms with Gasteiger partial charge in [-0.15, -0.1) is 0 Å².